The van der Waals surface area contributed by atoms with Crippen molar-refractivity contribution in [1.29, 1.82) is 0 Å². The SMILES string of the molecule is COC(=O)N[C@@H](CC(C)C)C(=O)N1CCC[C@H]1c1ncc(-c2cccc(OS(=O)(=O)Oc3cccc(-c4cnc([C@@H]5CCCN5C(=O)[C@H](CC(C)C)NC(=O)OC)[nH]4)c3)c2)[nH]1. The van der Waals surface area contributed by atoms with E-state index in [0.29, 0.717) is 72.9 Å². The van der Waals surface area contributed by atoms with Crippen LogP contribution in [-0.4, -0.2) is 102 Å². The molecule has 4 heterocycles. The Bertz CT molecular complexity index is 2140. The first-order chi connectivity index (χ1) is 29.1. The largest absolute Gasteiger partial charge is 0.500 e. The summed E-state index contributed by atoms with van der Waals surface area (Å²) in [4.78, 5) is 70.5. The van der Waals surface area contributed by atoms with Gasteiger partial charge >= 0.3 is 22.6 Å². The van der Waals surface area contributed by atoms with Gasteiger partial charge in [0.1, 0.15) is 35.2 Å². The van der Waals surface area contributed by atoms with Gasteiger partial charge in [-0.1, -0.05) is 52.0 Å². The highest BCUT2D eigenvalue weighted by Crippen LogP contribution is 2.35. The third kappa shape index (κ3) is 11.2. The molecule has 2 aliphatic rings. The predicted molar refractivity (Wildman–Crippen MR) is 223 cm³/mol. The number of carbonyl (C=O) groups is 4. The molecule has 4 atom stereocenters. The lowest BCUT2D eigenvalue weighted by Gasteiger charge is -2.29. The normalized spacial score (nSPS) is 17.6. The molecule has 0 unspecified atom stereocenters. The minimum atomic E-state index is -4.61. The summed E-state index contributed by atoms with van der Waals surface area (Å²) in [5, 5.41) is 5.34. The van der Waals surface area contributed by atoms with Crippen LogP contribution in [0.2, 0.25) is 0 Å². The third-order valence-electron chi connectivity index (χ3n) is 10.5. The number of carbonyl (C=O) groups excluding carboxylic acids is 4. The second kappa shape index (κ2) is 19.5. The lowest BCUT2D eigenvalue weighted by molar-refractivity contribution is -0.135. The number of imidazole rings is 2. The maximum atomic E-state index is 13.6. The third-order valence-corrected chi connectivity index (χ3v) is 11.3. The number of amides is 4. The van der Waals surface area contributed by atoms with E-state index in [1.165, 1.54) is 38.5 Å². The molecular formula is C42H54N8O10S. The van der Waals surface area contributed by atoms with Gasteiger partial charge in [-0.3, -0.25) is 9.59 Å². The lowest BCUT2D eigenvalue weighted by Crippen LogP contribution is -2.49. The number of ether oxygens (including phenoxy) is 2. The van der Waals surface area contributed by atoms with Crippen molar-refractivity contribution in [3.8, 4) is 34.0 Å². The zero-order chi connectivity index (χ0) is 43.8. The number of nitrogens with one attached hydrogen (secondary N) is 4. The number of hydrogen-bond donors (Lipinski definition) is 4. The highest BCUT2D eigenvalue weighted by molar-refractivity contribution is 7.82. The van der Waals surface area contributed by atoms with E-state index in [1.807, 2.05) is 27.7 Å². The Labute approximate surface area is 355 Å². The van der Waals surface area contributed by atoms with Crippen LogP contribution in [-0.2, 0) is 29.5 Å². The Hall–Kier alpha value is -6.11. The number of aromatic amines is 2. The lowest BCUT2D eigenvalue weighted by atomic mass is 10.0. The molecule has 0 spiro atoms. The fourth-order valence-corrected chi connectivity index (χ4v) is 8.52. The van der Waals surface area contributed by atoms with Gasteiger partial charge < -0.3 is 48.2 Å². The molecule has 2 aromatic carbocycles. The van der Waals surface area contributed by atoms with Crippen LogP contribution in [0.1, 0.15) is 90.0 Å². The molecule has 4 aromatic rings. The van der Waals surface area contributed by atoms with Crippen LogP contribution < -0.4 is 19.0 Å². The highest BCUT2D eigenvalue weighted by Gasteiger charge is 2.38. The fraction of sp³-hybridized carbons (Fsp3) is 0.476. The van der Waals surface area contributed by atoms with Gasteiger partial charge in [0.25, 0.3) is 0 Å². The summed E-state index contributed by atoms with van der Waals surface area (Å²) in [6.45, 7) is 8.90. The molecule has 2 fully saturated rings. The summed E-state index contributed by atoms with van der Waals surface area (Å²) in [5.41, 5.74) is 2.33. The fourth-order valence-electron chi connectivity index (χ4n) is 7.81. The molecule has 18 nitrogen and oxygen atoms in total. The van der Waals surface area contributed by atoms with Crippen LogP contribution in [0, 0.1) is 11.8 Å². The maximum absolute atomic E-state index is 13.6. The van der Waals surface area contributed by atoms with Crippen molar-refractivity contribution in [3.63, 3.8) is 0 Å². The van der Waals surface area contributed by atoms with Gasteiger partial charge in [0, 0.05) is 24.2 Å². The van der Waals surface area contributed by atoms with E-state index in [-0.39, 0.29) is 47.2 Å². The number of methoxy groups -OCH3 is 2. The molecule has 2 aliphatic heterocycles. The van der Waals surface area contributed by atoms with Crippen molar-refractivity contribution in [2.24, 2.45) is 11.8 Å². The van der Waals surface area contributed by atoms with Crippen LogP contribution >= 0.6 is 0 Å². The number of alkyl carbamates (subject to hydrolysis) is 2. The van der Waals surface area contributed by atoms with E-state index in [0.717, 1.165) is 12.8 Å². The van der Waals surface area contributed by atoms with Crippen LogP contribution in [0.25, 0.3) is 22.5 Å². The summed E-state index contributed by atoms with van der Waals surface area (Å²) in [6, 6.07) is 10.6. The molecule has 61 heavy (non-hydrogen) atoms. The molecule has 4 N–H and O–H groups in total. The Morgan fingerprint density at radius 3 is 1.49 bits per heavy atom. The Balaban J connectivity index is 1.11. The van der Waals surface area contributed by atoms with E-state index in [4.69, 9.17) is 17.8 Å². The monoisotopic (exact) mass is 862 g/mol. The molecule has 2 aromatic heterocycles. The minimum absolute atomic E-state index is 0.000758. The Morgan fingerprint density at radius 2 is 1.11 bits per heavy atom. The van der Waals surface area contributed by atoms with Crippen molar-refractivity contribution in [2.45, 2.75) is 90.4 Å². The maximum Gasteiger partial charge on any atom is 0.500 e. The van der Waals surface area contributed by atoms with Crippen LogP contribution in [0.3, 0.4) is 0 Å². The first-order valence-electron chi connectivity index (χ1n) is 20.4. The summed E-state index contributed by atoms with van der Waals surface area (Å²) in [7, 11) is -2.10. The topological polar surface area (TPSA) is 227 Å². The van der Waals surface area contributed by atoms with E-state index in [2.05, 4.69) is 30.6 Å². The first-order valence-corrected chi connectivity index (χ1v) is 21.7. The highest BCUT2D eigenvalue weighted by atomic mass is 32.3. The van der Waals surface area contributed by atoms with Crippen molar-refractivity contribution in [3.05, 3.63) is 72.6 Å². The van der Waals surface area contributed by atoms with E-state index < -0.39 is 34.7 Å². The van der Waals surface area contributed by atoms with Crippen LogP contribution in [0.15, 0.2) is 60.9 Å². The number of hydrogen-bond acceptors (Lipinski definition) is 12. The molecule has 0 saturated carbocycles. The van der Waals surface area contributed by atoms with Crippen molar-refractivity contribution in [1.82, 2.24) is 40.4 Å². The molecule has 0 aliphatic carbocycles. The first kappa shape index (κ1) is 44.4. The van der Waals surface area contributed by atoms with Gasteiger partial charge in [0.2, 0.25) is 11.8 Å². The van der Waals surface area contributed by atoms with E-state index in [9.17, 15) is 27.6 Å². The second-order valence-electron chi connectivity index (χ2n) is 16.0. The summed E-state index contributed by atoms with van der Waals surface area (Å²) in [6.07, 6.45) is 5.62. The molecule has 4 amide bonds. The minimum Gasteiger partial charge on any atom is -0.453 e. The molecule has 0 radical (unpaired) electrons. The van der Waals surface area contributed by atoms with Crippen LogP contribution in [0.5, 0.6) is 11.5 Å². The van der Waals surface area contributed by atoms with Gasteiger partial charge in [-0.05, 0) is 74.6 Å². The van der Waals surface area contributed by atoms with Gasteiger partial charge in [-0.2, -0.15) is 0 Å². The number of likely N-dealkylation sites (tertiary alicyclic amines) is 2. The zero-order valence-corrected chi connectivity index (χ0v) is 36.0. The summed E-state index contributed by atoms with van der Waals surface area (Å²) < 4.78 is 46.7. The quantitative estimate of drug-likeness (QED) is 0.101. The van der Waals surface area contributed by atoms with Crippen LogP contribution in [0.4, 0.5) is 9.59 Å². The van der Waals surface area contributed by atoms with Crippen molar-refractivity contribution < 1.29 is 45.4 Å². The second-order valence-corrected chi connectivity index (χ2v) is 17.2. The number of benzene rings is 2. The molecule has 6 rings (SSSR count). The van der Waals surface area contributed by atoms with Crippen molar-refractivity contribution in [2.75, 3.05) is 27.3 Å². The standard InChI is InChI=1S/C42H54N8O10S/c1-25(2)19-31(47-41(53)57-5)39(51)49-17-9-15-35(49)37-43-23-33(45-37)27-11-7-13-29(21-27)59-61(55,56)60-30-14-8-12-28(22-30)34-24-44-38(46-34)36-16-10-18-50(36)40(52)32(20-26(3)4)48-42(54)58-6/h7-8,11-14,21-26,31-32,35-36H,9-10,15-20H2,1-6H3,(H,43,45)(H,44,46)(H,47,53)(H,48,54)/t31-,32-,35-,36-/m0/s1. The molecular weight excluding hydrogens is 809 g/mol. The number of nitrogens with zero attached hydrogens (tertiary/aromatic N) is 4. The molecule has 2 saturated heterocycles. The smallest absolute Gasteiger partial charge is 0.453 e. The zero-order valence-electron chi connectivity index (χ0n) is 35.2. The summed E-state index contributed by atoms with van der Waals surface area (Å²) >= 11 is 0. The van der Waals surface area contributed by atoms with E-state index in [1.54, 1.807) is 46.5 Å². The average molecular weight is 863 g/mol. The number of H-pyrrole nitrogens is 2. The van der Waals surface area contributed by atoms with Gasteiger partial charge in [-0.15, -0.1) is 8.42 Å². The summed E-state index contributed by atoms with van der Waals surface area (Å²) in [5.74, 6) is 0.986. The number of rotatable bonds is 16. The number of aromatic nitrogens is 4. The van der Waals surface area contributed by atoms with Gasteiger partial charge in [0.15, 0.2) is 0 Å². The molecule has 19 heteroatoms. The predicted octanol–water partition coefficient (Wildman–Crippen LogP) is 6.04. The van der Waals surface area contributed by atoms with Crippen molar-refractivity contribution >= 4 is 34.4 Å². The Morgan fingerprint density at radius 1 is 0.705 bits per heavy atom. The molecule has 328 valence electrons. The van der Waals surface area contributed by atoms with E-state index >= 15 is 0 Å². The molecule has 0 bridgehead atoms. The van der Waals surface area contributed by atoms with Gasteiger partial charge in [-0.25, -0.2) is 19.6 Å². The average Bonchev–Trinajstić information content (AvgIpc) is 4.06. The Kier molecular flexibility index (Phi) is 14.2. The van der Waals surface area contributed by atoms with Gasteiger partial charge in [0.05, 0.1) is 50.1 Å².